The third-order valence-electron chi connectivity index (χ3n) is 3.62. The standard InChI is InChI=1S/C15H24N4O10S/c16-6(5-30)12(25)18-8(3-11(23)24)14(27)17-7(1-2-10(21)22)13(26)19-9(4-20)15(28)29/h6-9,20,30H,1-5,16H2,(H,17,27)(H,18,25)(H,19,26)(H,21,22)(H,23,24)(H,28,29). The third kappa shape index (κ3) is 10.0. The minimum atomic E-state index is -1.72. The van der Waals surface area contributed by atoms with E-state index >= 15 is 0 Å². The van der Waals surface area contributed by atoms with Gasteiger partial charge in [-0.25, -0.2) is 4.79 Å². The number of aliphatic hydroxyl groups excluding tert-OH is 1. The summed E-state index contributed by atoms with van der Waals surface area (Å²) in [6.45, 7) is -0.972. The molecule has 0 fully saturated rings. The fourth-order valence-electron chi connectivity index (χ4n) is 2.01. The monoisotopic (exact) mass is 452 g/mol. The molecule has 0 saturated heterocycles. The average molecular weight is 452 g/mol. The number of aliphatic hydroxyl groups is 1. The van der Waals surface area contributed by atoms with E-state index in [1.54, 1.807) is 0 Å². The number of hydrogen-bond acceptors (Lipinski definition) is 9. The van der Waals surface area contributed by atoms with Gasteiger partial charge in [0.05, 0.1) is 19.1 Å². The van der Waals surface area contributed by atoms with Crippen LogP contribution in [0.25, 0.3) is 0 Å². The summed E-state index contributed by atoms with van der Waals surface area (Å²) in [5.41, 5.74) is 5.45. The van der Waals surface area contributed by atoms with Crippen LogP contribution >= 0.6 is 12.6 Å². The highest BCUT2D eigenvalue weighted by Gasteiger charge is 2.31. The highest BCUT2D eigenvalue weighted by atomic mass is 32.1. The topological polar surface area (TPSA) is 245 Å². The molecule has 0 aliphatic heterocycles. The Labute approximate surface area is 175 Å². The first-order chi connectivity index (χ1) is 13.9. The molecule has 0 spiro atoms. The number of carboxylic acids is 3. The molecular weight excluding hydrogens is 428 g/mol. The summed E-state index contributed by atoms with van der Waals surface area (Å²) in [6, 6.07) is -6.11. The lowest BCUT2D eigenvalue weighted by molar-refractivity contribution is -0.144. The summed E-state index contributed by atoms with van der Waals surface area (Å²) in [5.74, 6) is -7.62. The predicted octanol–water partition coefficient (Wildman–Crippen LogP) is -3.89. The predicted molar refractivity (Wildman–Crippen MR) is 101 cm³/mol. The Kier molecular flexibility index (Phi) is 12.0. The summed E-state index contributed by atoms with van der Waals surface area (Å²) >= 11 is 3.81. The van der Waals surface area contributed by atoms with E-state index < -0.39 is 85.7 Å². The normalized spacial score (nSPS) is 14.5. The molecule has 0 bridgehead atoms. The fourth-order valence-corrected chi connectivity index (χ4v) is 2.18. The van der Waals surface area contributed by atoms with Gasteiger partial charge in [0, 0.05) is 12.2 Å². The Balaban J connectivity index is 5.45. The second-order valence-corrected chi connectivity index (χ2v) is 6.39. The van der Waals surface area contributed by atoms with Crippen LogP contribution < -0.4 is 21.7 Å². The van der Waals surface area contributed by atoms with Crippen molar-refractivity contribution in [2.24, 2.45) is 5.73 Å². The maximum atomic E-state index is 12.4. The molecule has 9 N–H and O–H groups in total. The molecule has 0 aromatic carbocycles. The van der Waals surface area contributed by atoms with E-state index in [2.05, 4.69) is 23.3 Å². The van der Waals surface area contributed by atoms with Gasteiger partial charge in [-0.1, -0.05) is 0 Å². The minimum absolute atomic E-state index is 0.103. The molecule has 170 valence electrons. The number of nitrogens with one attached hydrogen (secondary N) is 3. The third-order valence-corrected chi connectivity index (χ3v) is 4.02. The second kappa shape index (κ2) is 13.3. The molecule has 4 unspecified atom stereocenters. The zero-order chi connectivity index (χ0) is 23.4. The van der Waals surface area contributed by atoms with E-state index in [1.165, 1.54) is 0 Å². The van der Waals surface area contributed by atoms with E-state index in [0.29, 0.717) is 0 Å². The lowest BCUT2D eigenvalue weighted by atomic mass is 10.1. The quantitative estimate of drug-likeness (QED) is 0.115. The Morgan fingerprint density at radius 2 is 1.30 bits per heavy atom. The fraction of sp³-hybridized carbons (Fsp3) is 0.600. The smallest absolute Gasteiger partial charge is 0.328 e. The summed E-state index contributed by atoms with van der Waals surface area (Å²) in [5, 5.41) is 41.7. The van der Waals surface area contributed by atoms with Gasteiger partial charge in [-0.15, -0.1) is 0 Å². The molecule has 0 aromatic rings. The molecule has 0 aromatic heterocycles. The van der Waals surface area contributed by atoms with Crippen molar-refractivity contribution in [2.45, 2.75) is 43.4 Å². The second-order valence-electron chi connectivity index (χ2n) is 6.02. The van der Waals surface area contributed by atoms with E-state index in [4.69, 9.17) is 26.2 Å². The van der Waals surface area contributed by atoms with Gasteiger partial charge in [0.2, 0.25) is 17.7 Å². The van der Waals surface area contributed by atoms with Crippen LogP contribution in [-0.4, -0.2) is 92.6 Å². The van der Waals surface area contributed by atoms with Crippen LogP contribution in [0.15, 0.2) is 0 Å². The van der Waals surface area contributed by atoms with Gasteiger partial charge in [0.1, 0.15) is 18.1 Å². The molecule has 0 saturated carbocycles. The molecule has 15 heteroatoms. The summed E-state index contributed by atoms with van der Waals surface area (Å²) in [6.07, 6.45) is -1.96. The number of thiol groups is 1. The van der Waals surface area contributed by atoms with Gasteiger partial charge in [0.15, 0.2) is 0 Å². The average Bonchev–Trinajstić information content (AvgIpc) is 2.66. The van der Waals surface area contributed by atoms with E-state index in [9.17, 15) is 28.8 Å². The van der Waals surface area contributed by atoms with Crippen LogP contribution in [0.5, 0.6) is 0 Å². The van der Waals surface area contributed by atoms with Crippen molar-refractivity contribution in [3.05, 3.63) is 0 Å². The van der Waals surface area contributed by atoms with Crippen LogP contribution in [0.4, 0.5) is 0 Å². The van der Waals surface area contributed by atoms with Crippen molar-refractivity contribution in [1.82, 2.24) is 16.0 Å². The van der Waals surface area contributed by atoms with Crippen molar-refractivity contribution in [3.8, 4) is 0 Å². The number of amides is 3. The van der Waals surface area contributed by atoms with Crippen LogP contribution in [0.3, 0.4) is 0 Å². The molecule has 0 heterocycles. The van der Waals surface area contributed by atoms with Gasteiger partial charge < -0.3 is 42.1 Å². The van der Waals surface area contributed by atoms with Crippen molar-refractivity contribution >= 4 is 48.3 Å². The number of carbonyl (C=O) groups excluding carboxylic acids is 3. The molecule has 0 aliphatic rings. The SMILES string of the molecule is NC(CS)C(=O)NC(CC(=O)O)C(=O)NC(CCC(=O)O)C(=O)NC(CO)C(=O)O. The summed E-state index contributed by atoms with van der Waals surface area (Å²) < 4.78 is 0. The molecule has 0 radical (unpaired) electrons. The van der Waals surface area contributed by atoms with Crippen LogP contribution in [0, 0.1) is 0 Å². The van der Waals surface area contributed by atoms with E-state index in [1.807, 2.05) is 5.32 Å². The molecule has 30 heavy (non-hydrogen) atoms. The number of aliphatic carboxylic acids is 3. The van der Waals surface area contributed by atoms with Crippen molar-refractivity contribution in [3.63, 3.8) is 0 Å². The van der Waals surface area contributed by atoms with Gasteiger partial charge in [-0.3, -0.25) is 24.0 Å². The first kappa shape index (κ1) is 27.1. The largest absolute Gasteiger partial charge is 0.481 e. The maximum absolute atomic E-state index is 12.4. The van der Waals surface area contributed by atoms with Gasteiger partial charge >= 0.3 is 17.9 Å². The molecule has 14 nitrogen and oxygen atoms in total. The van der Waals surface area contributed by atoms with Crippen LogP contribution in [0.1, 0.15) is 19.3 Å². The number of hydrogen-bond donors (Lipinski definition) is 9. The van der Waals surface area contributed by atoms with Gasteiger partial charge in [-0.2, -0.15) is 12.6 Å². The first-order valence-corrected chi connectivity index (χ1v) is 9.10. The van der Waals surface area contributed by atoms with Gasteiger partial charge in [-0.05, 0) is 6.42 Å². The molecule has 0 aliphatic carbocycles. The highest BCUT2D eigenvalue weighted by molar-refractivity contribution is 7.80. The van der Waals surface area contributed by atoms with Gasteiger partial charge in [0.25, 0.3) is 0 Å². The zero-order valence-electron chi connectivity index (χ0n) is 15.6. The summed E-state index contributed by atoms with van der Waals surface area (Å²) in [4.78, 5) is 69.3. The number of nitrogens with two attached hydrogens (primary N) is 1. The first-order valence-electron chi connectivity index (χ1n) is 8.47. The van der Waals surface area contributed by atoms with E-state index in [0.717, 1.165) is 0 Å². The lowest BCUT2D eigenvalue weighted by Crippen LogP contribution is -2.58. The molecule has 3 amide bonds. The van der Waals surface area contributed by atoms with Crippen LogP contribution in [0.2, 0.25) is 0 Å². The Bertz CT molecular complexity index is 674. The minimum Gasteiger partial charge on any atom is -0.481 e. The number of carbonyl (C=O) groups is 6. The molecule has 0 rings (SSSR count). The Hall–Kier alpha value is -2.91. The number of rotatable bonds is 14. The molecular formula is C15H24N4O10S. The van der Waals surface area contributed by atoms with Crippen molar-refractivity contribution < 1.29 is 49.2 Å². The van der Waals surface area contributed by atoms with E-state index in [-0.39, 0.29) is 5.75 Å². The number of carboxylic acid groups (broad SMARTS) is 3. The zero-order valence-corrected chi connectivity index (χ0v) is 16.5. The summed E-state index contributed by atoms with van der Waals surface area (Å²) in [7, 11) is 0. The maximum Gasteiger partial charge on any atom is 0.328 e. The highest BCUT2D eigenvalue weighted by Crippen LogP contribution is 2.03. The van der Waals surface area contributed by atoms with Crippen molar-refractivity contribution in [2.75, 3.05) is 12.4 Å². The van der Waals surface area contributed by atoms with Crippen LogP contribution in [-0.2, 0) is 28.8 Å². The lowest BCUT2D eigenvalue weighted by Gasteiger charge is -2.24. The Morgan fingerprint density at radius 3 is 1.73 bits per heavy atom. The molecule has 4 atom stereocenters. The Morgan fingerprint density at radius 1 is 0.800 bits per heavy atom. The van der Waals surface area contributed by atoms with Crippen molar-refractivity contribution in [1.29, 1.82) is 0 Å².